The van der Waals surface area contributed by atoms with Crippen LogP contribution in [0.15, 0.2) is 46.0 Å². The predicted molar refractivity (Wildman–Crippen MR) is 113 cm³/mol. The zero-order chi connectivity index (χ0) is 20.7. The second kappa shape index (κ2) is 9.59. The van der Waals surface area contributed by atoms with Crippen LogP contribution in [-0.4, -0.2) is 30.4 Å². The predicted octanol–water partition coefficient (Wildman–Crippen LogP) is 4.38. The highest BCUT2D eigenvalue weighted by Crippen LogP contribution is 2.35. The third kappa shape index (κ3) is 6.27. The van der Waals surface area contributed by atoms with Crippen LogP contribution in [0.25, 0.3) is 0 Å². The fourth-order valence-electron chi connectivity index (χ4n) is 2.34. The lowest BCUT2D eigenvalue weighted by atomic mass is 9.87. The van der Waals surface area contributed by atoms with Gasteiger partial charge in [-0.15, -0.1) is 0 Å². The Hall–Kier alpha value is -2.54. The van der Waals surface area contributed by atoms with Crippen molar-refractivity contribution >= 4 is 28.1 Å². The first kappa shape index (κ1) is 21.8. The maximum absolute atomic E-state index is 11.9. The summed E-state index contributed by atoms with van der Waals surface area (Å²) in [5, 5.41) is 13.8. The number of phenols is 1. The number of carbonyl (C=O) groups excluding carboxylic acids is 1. The molecule has 150 valence electrons. The van der Waals surface area contributed by atoms with Crippen LogP contribution in [0.2, 0.25) is 0 Å². The number of ether oxygens (including phenoxy) is 2. The number of amides is 1. The summed E-state index contributed by atoms with van der Waals surface area (Å²) in [5.74, 6) is 0.607. The van der Waals surface area contributed by atoms with Gasteiger partial charge in [0.1, 0.15) is 5.75 Å². The van der Waals surface area contributed by atoms with E-state index in [4.69, 9.17) is 9.47 Å². The molecule has 2 N–H and O–H groups in total. The van der Waals surface area contributed by atoms with Gasteiger partial charge in [-0.1, -0.05) is 32.9 Å². The lowest BCUT2D eigenvalue weighted by molar-refractivity contribution is -0.123. The van der Waals surface area contributed by atoms with Crippen LogP contribution < -0.4 is 14.9 Å². The van der Waals surface area contributed by atoms with Crippen LogP contribution >= 0.6 is 15.9 Å². The molecule has 0 unspecified atom stereocenters. The molecule has 0 radical (unpaired) electrons. The van der Waals surface area contributed by atoms with Crippen molar-refractivity contribution in [2.24, 2.45) is 5.10 Å². The maximum atomic E-state index is 11.9. The number of rotatable bonds is 7. The number of nitrogens with zero attached hydrogens (tertiary/aromatic N) is 1. The number of phenolic OH excluding ortho intramolecular Hbond substituents is 1. The van der Waals surface area contributed by atoms with Gasteiger partial charge in [-0.3, -0.25) is 4.79 Å². The van der Waals surface area contributed by atoms with Crippen molar-refractivity contribution in [3.8, 4) is 17.2 Å². The van der Waals surface area contributed by atoms with Gasteiger partial charge in [0.15, 0.2) is 18.1 Å². The van der Waals surface area contributed by atoms with E-state index < -0.39 is 0 Å². The Bertz CT molecular complexity index is 843. The van der Waals surface area contributed by atoms with Gasteiger partial charge in [0.05, 0.1) is 17.3 Å². The minimum Gasteiger partial charge on any atom is -0.503 e. The molecule has 2 aromatic rings. The lowest BCUT2D eigenvalue weighted by Gasteiger charge is -2.19. The first-order chi connectivity index (χ1) is 13.2. The molecule has 1 amide bonds. The van der Waals surface area contributed by atoms with Crippen molar-refractivity contribution in [1.29, 1.82) is 0 Å². The lowest BCUT2D eigenvalue weighted by Crippen LogP contribution is -2.24. The number of hydrogen-bond donors (Lipinski definition) is 2. The zero-order valence-corrected chi connectivity index (χ0v) is 18.0. The van der Waals surface area contributed by atoms with E-state index in [1.54, 1.807) is 12.1 Å². The monoisotopic (exact) mass is 448 g/mol. The van der Waals surface area contributed by atoms with E-state index in [0.717, 1.165) is 0 Å². The topological polar surface area (TPSA) is 80.2 Å². The van der Waals surface area contributed by atoms with E-state index in [9.17, 15) is 9.90 Å². The van der Waals surface area contributed by atoms with Crippen LogP contribution in [0.5, 0.6) is 17.2 Å². The molecule has 0 fully saturated rings. The average Bonchev–Trinajstić information content (AvgIpc) is 2.64. The number of benzene rings is 2. The smallest absolute Gasteiger partial charge is 0.277 e. The van der Waals surface area contributed by atoms with Crippen molar-refractivity contribution in [3.63, 3.8) is 0 Å². The molecule has 28 heavy (non-hydrogen) atoms. The summed E-state index contributed by atoms with van der Waals surface area (Å²) < 4.78 is 11.3. The van der Waals surface area contributed by atoms with Gasteiger partial charge in [0, 0.05) is 0 Å². The molecule has 0 bridgehead atoms. The average molecular weight is 449 g/mol. The summed E-state index contributed by atoms with van der Waals surface area (Å²) >= 11 is 3.26. The summed E-state index contributed by atoms with van der Waals surface area (Å²) in [4.78, 5) is 11.9. The van der Waals surface area contributed by atoms with Crippen molar-refractivity contribution in [2.75, 3.05) is 13.2 Å². The van der Waals surface area contributed by atoms with Crippen molar-refractivity contribution in [2.45, 2.75) is 33.1 Å². The van der Waals surface area contributed by atoms with E-state index in [1.165, 1.54) is 11.8 Å². The second-order valence-corrected chi connectivity index (χ2v) is 7.99. The minimum absolute atomic E-state index is 0.0221. The van der Waals surface area contributed by atoms with Gasteiger partial charge in [-0.2, -0.15) is 5.10 Å². The molecular weight excluding hydrogens is 424 g/mol. The van der Waals surface area contributed by atoms with E-state index in [0.29, 0.717) is 28.1 Å². The first-order valence-corrected chi connectivity index (χ1v) is 9.70. The Morgan fingerprint density at radius 1 is 1.21 bits per heavy atom. The quantitative estimate of drug-likeness (QED) is 0.486. The molecule has 0 atom stereocenters. The molecule has 0 spiro atoms. The van der Waals surface area contributed by atoms with Crippen LogP contribution in [0.4, 0.5) is 0 Å². The largest absolute Gasteiger partial charge is 0.503 e. The standard InChI is InChI=1S/C21H25BrN2O4/c1-5-27-18-11-14(10-17(22)20(18)26)12-23-24-19(25)13-28-16-8-6-15(7-9-16)21(2,3)4/h6-12,26H,5,13H2,1-4H3,(H,24,25). The second-order valence-electron chi connectivity index (χ2n) is 7.14. The molecule has 0 heterocycles. The molecule has 2 aromatic carbocycles. The summed E-state index contributed by atoms with van der Waals surface area (Å²) in [6, 6.07) is 11.0. The third-order valence-electron chi connectivity index (χ3n) is 3.84. The summed E-state index contributed by atoms with van der Waals surface area (Å²) in [5.41, 5.74) is 4.33. The highest BCUT2D eigenvalue weighted by Gasteiger charge is 2.13. The van der Waals surface area contributed by atoms with Crippen LogP contribution in [0.1, 0.15) is 38.8 Å². The van der Waals surface area contributed by atoms with Crippen molar-refractivity contribution in [3.05, 3.63) is 52.0 Å². The summed E-state index contributed by atoms with van der Waals surface area (Å²) in [7, 11) is 0. The van der Waals surface area contributed by atoms with Crippen LogP contribution in [0.3, 0.4) is 0 Å². The zero-order valence-electron chi connectivity index (χ0n) is 16.5. The van der Waals surface area contributed by atoms with Crippen LogP contribution in [-0.2, 0) is 10.2 Å². The van der Waals surface area contributed by atoms with Gasteiger partial charge in [0.25, 0.3) is 5.91 Å². The SMILES string of the molecule is CCOc1cc(C=NNC(=O)COc2ccc(C(C)(C)C)cc2)cc(Br)c1O. The number of hydrogen-bond acceptors (Lipinski definition) is 5. The molecule has 0 saturated carbocycles. The van der Waals surface area contributed by atoms with Gasteiger partial charge in [-0.25, -0.2) is 5.43 Å². The Kier molecular flexibility index (Phi) is 7.45. The molecule has 6 nitrogen and oxygen atoms in total. The van der Waals surface area contributed by atoms with E-state index in [1.807, 2.05) is 31.2 Å². The van der Waals surface area contributed by atoms with Gasteiger partial charge in [0.2, 0.25) is 0 Å². The van der Waals surface area contributed by atoms with E-state index in [-0.39, 0.29) is 23.7 Å². The summed E-state index contributed by atoms with van der Waals surface area (Å²) in [6.45, 7) is 8.51. The molecular formula is C21H25BrN2O4. The van der Waals surface area contributed by atoms with Crippen LogP contribution in [0, 0.1) is 0 Å². The van der Waals surface area contributed by atoms with Gasteiger partial charge >= 0.3 is 0 Å². The molecule has 0 aliphatic carbocycles. The molecule has 0 saturated heterocycles. The van der Waals surface area contributed by atoms with Crippen molar-refractivity contribution < 1.29 is 19.4 Å². The van der Waals surface area contributed by atoms with Gasteiger partial charge in [-0.05, 0) is 63.7 Å². The summed E-state index contributed by atoms with van der Waals surface area (Å²) in [6.07, 6.45) is 1.46. The normalized spacial score (nSPS) is 11.5. The third-order valence-corrected chi connectivity index (χ3v) is 4.45. The van der Waals surface area contributed by atoms with E-state index in [2.05, 4.69) is 47.2 Å². The number of halogens is 1. The molecule has 0 aromatic heterocycles. The Morgan fingerprint density at radius 2 is 1.89 bits per heavy atom. The molecule has 2 rings (SSSR count). The minimum atomic E-state index is -0.376. The molecule has 7 heteroatoms. The molecule has 0 aliphatic heterocycles. The fraction of sp³-hybridized carbons (Fsp3) is 0.333. The van der Waals surface area contributed by atoms with E-state index >= 15 is 0 Å². The Morgan fingerprint density at radius 3 is 2.50 bits per heavy atom. The maximum Gasteiger partial charge on any atom is 0.277 e. The van der Waals surface area contributed by atoms with Crippen molar-refractivity contribution in [1.82, 2.24) is 5.43 Å². The Labute approximate surface area is 173 Å². The Balaban J connectivity index is 1.88. The highest BCUT2D eigenvalue weighted by molar-refractivity contribution is 9.10. The fourth-order valence-corrected chi connectivity index (χ4v) is 2.80. The number of nitrogens with one attached hydrogen (secondary N) is 1. The van der Waals surface area contributed by atoms with Gasteiger partial charge < -0.3 is 14.6 Å². The number of aromatic hydroxyl groups is 1. The molecule has 0 aliphatic rings. The number of carbonyl (C=O) groups is 1. The number of hydrazone groups is 1. The first-order valence-electron chi connectivity index (χ1n) is 8.91. The highest BCUT2D eigenvalue weighted by atomic mass is 79.9.